The zero-order valence-corrected chi connectivity index (χ0v) is 8.36. The van der Waals surface area contributed by atoms with Crippen LogP contribution in [-0.2, 0) is 0 Å². The molecule has 0 amide bonds. The first-order chi connectivity index (χ1) is 5.11. The van der Waals surface area contributed by atoms with E-state index in [1.807, 2.05) is 13.8 Å². The van der Waals surface area contributed by atoms with Crippen molar-refractivity contribution in [3.8, 4) is 0 Å². The van der Waals surface area contributed by atoms with Crippen molar-refractivity contribution < 1.29 is 0 Å². The maximum atomic E-state index is 4.27. The van der Waals surface area contributed by atoms with Crippen molar-refractivity contribution in [2.75, 3.05) is 0 Å². The Labute approximate surface area is 77.6 Å². The highest BCUT2D eigenvalue weighted by Gasteiger charge is 2.07. The minimum absolute atomic E-state index is 0.163. The fraction of sp³-hybridized carbons (Fsp3) is 0.571. The van der Waals surface area contributed by atoms with Crippen LogP contribution in [-0.4, -0.2) is 9.97 Å². The number of nitrogens with zero attached hydrogens (tertiary/aromatic N) is 1. The van der Waals surface area contributed by atoms with Gasteiger partial charge in [-0.3, -0.25) is 0 Å². The summed E-state index contributed by atoms with van der Waals surface area (Å²) in [5, 5.41) is 0.374. The molecule has 0 saturated heterocycles. The van der Waals surface area contributed by atoms with Crippen LogP contribution >= 0.6 is 25.3 Å². The third-order valence-electron chi connectivity index (χ3n) is 1.46. The van der Waals surface area contributed by atoms with Gasteiger partial charge in [0.1, 0.15) is 5.82 Å². The van der Waals surface area contributed by atoms with Gasteiger partial charge in [-0.1, -0.05) is 0 Å². The van der Waals surface area contributed by atoms with Gasteiger partial charge < -0.3 is 4.98 Å². The molecule has 4 heteroatoms. The van der Waals surface area contributed by atoms with Crippen LogP contribution in [0.2, 0.25) is 0 Å². The smallest absolute Gasteiger partial charge is 0.118 e. The Morgan fingerprint density at radius 1 is 1.36 bits per heavy atom. The lowest BCUT2D eigenvalue weighted by Gasteiger charge is -1.99. The average molecular weight is 188 g/mol. The van der Waals surface area contributed by atoms with E-state index in [2.05, 4.69) is 35.2 Å². The second kappa shape index (κ2) is 3.54. The van der Waals surface area contributed by atoms with Crippen molar-refractivity contribution in [2.24, 2.45) is 0 Å². The van der Waals surface area contributed by atoms with Gasteiger partial charge in [-0.2, -0.15) is 25.3 Å². The van der Waals surface area contributed by atoms with E-state index in [1.165, 1.54) is 0 Å². The number of nitrogens with one attached hydrogen (secondary N) is 1. The lowest BCUT2D eigenvalue weighted by Crippen LogP contribution is -1.88. The summed E-state index contributed by atoms with van der Waals surface area (Å²) >= 11 is 8.52. The van der Waals surface area contributed by atoms with Crippen LogP contribution < -0.4 is 0 Å². The number of hydrogen-bond acceptors (Lipinski definition) is 3. The maximum Gasteiger partial charge on any atom is 0.118 e. The van der Waals surface area contributed by atoms with E-state index in [9.17, 15) is 0 Å². The van der Waals surface area contributed by atoms with E-state index < -0.39 is 0 Å². The molecular weight excluding hydrogens is 176 g/mol. The molecule has 2 unspecified atom stereocenters. The van der Waals surface area contributed by atoms with Gasteiger partial charge in [0.2, 0.25) is 0 Å². The highest BCUT2D eigenvalue weighted by molar-refractivity contribution is 7.80. The summed E-state index contributed by atoms with van der Waals surface area (Å²) in [6.07, 6.45) is 1.81. The van der Waals surface area contributed by atoms with Gasteiger partial charge in [0.15, 0.2) is 0 Å². The van der Waals surface area contributed by atoms with Crippen molar-refractivity contribution in [2.45, 2.75) is 24.3 Å². The van der Waals surface area contributed by atoms with Crippen LogP contribution in [0.25, 0.3) is 0 Å². The topological polar surface area (TPSA) is 28.7 Å². The predicted molar refractivity (Wildman–Crippen MR) is 53.4 cm³/mol. The minimum atomic E-state index is 0.163. The van der Waals surface area contributed by atoms with Crippen LogP contribution in [0.5, 0.6) is 0 Å². The highest BCUT2D eigenvalue weighted by Crippen LogP contribution is 2.20. The van der Waals surface area contributed by atoms with Gasteiger partial charge in [-0.05, 0) is 13.8 Å². The Kier molecular flexibility index (Phi) is 2.90. The Balaban J connectivity index is 2.82. The van der Waals surface area contributed by atoms with Crippen molar-refractivity contribution in [3.05, 3.63) is 17.7 Å². The molecule has 0 bridgehead atoms. The first-order valence-electron chi connectivity index (χ1n) is 3.52. The van der Waals surface area contributed by atoms with E-state index in [4.69, 9.17) is 0 Å². The summed E-state index contributed by atoms with van der Waals surface area (Å²) in [4.78, 5) is 7.30. The number of rotatable bonds is 2. The maximum absolute atomic E-state index is 4.27. The quantitative estimate of drug-likeness (QED) is 0.611. The van der Waals surface area contributed by atoms with Gasteiger partial charge >= 0.3 is 0 Å². The second-order valence-electron chi connectivity index (χ2n) is 2.58. The molecule has 2 nitrogen and oxygen atoms in total. The molecule has 1 N–H and O–H groups in total. The summed E-state index contributed by atoms with van der Waals surface area (Å²) in [7, 11) is 0. The van der Waals surface area contributed by atoms with Gasteiger partial charge in [0.05, 0.1) is 5.25 Å². The van der Waals surface area contributed by atoms with Crippen LogP contribution in [0.4, 0.5) is 0 Å². The molecule has 0 aliphatic rings. The first-order valence-corrected chi connectivity index (χ1v) is 4.55. The molecule has 1 aromatic heterocycles. The third-order valence-corrected chi connectivity index (χ3v) is 1.98. The Morgan fingerprint density at radius 2 is 2.00 bits per heavy atom. The number of H-pyrrole nitrogens is 1. The Morgan fingerprint density at radius 3 is 2.27 bits per heavy atom. The van der Waals surface area contributed by atoms with E-state index in [0.29, 0.717) is 0 Å². The number of thiol groups is 2. The zero-order valence-electron chi connectivity index (χ0n) is 6.57. The van der Waals surface area contributed by atoms with E-state index in [1.54, 1.807) is 6.20 Å². The molecule has 11 heavy (non-hydrogen) atoms. The van der Waals surface area contributed by atoms with Crippen molar-refractivity contribution in [3.63, 3.8) is 0 Å². The fourth-order valence-electron chi connectivity index (χ4n) is 0.776. The van der Waals surface area contributed by atoms with Crippen molar-refractivity contribution >= 4 is 25.3 Å². The first kappa shape index (κ1) is 9.00. The molecule has 0 spiro atoms. The molecule has 0 aliphatic heterocycles. The molecule has 2 atom stereocenters. The summed E-state index contributed by atoms with van der Waals surface area (Å²) < 4.78 is 0. The second-order valence-corrected chi connectivity index (χ2v) is 4.12. The lowest BCUT2D eigenvalue weighted by molar-refractivity contribution is 0.944. The van der Waals surface area contributed by atoms with E-state index in [0.717, 1.165) is 11.5 Å². The molecular formula is C7H12N2S2. The molecule has 0 aliphatic carbocycles. The average Bonchev–Trinajstić information content (AvgIpc) is 2.33. The number of hydrogen-bond donors (Lipinski definition) is 3. The summed E-state index contributed by atoms with van der Waals surface area (Å²) in [6, 6.07) is 0. The van der Waals surface area contributed by atoms with E-state index >= 15 is 0 Å². The summed E-state index contributed by atoms with van der Waals surface area (Å²) in [6.45, 7) is 3.98. The molecule has 0 radical (unpaired) electrons. The standard InChI is InChI=1S/C7H12N2S2/c1-4(10)6-3-8-7(9-6)5(2)11/h3-5,10-11H,1-2H3,(H,8,9). The Bertz CT molecular complexity index is 208. The van der Waals surface area contributed by atoms with Gasteiger partial charge in [0.25, 0.3) is 0 Å². The van der Waals surface area contributed by atoms with Crippen LogP contribution in [0.1, 0.15) is 35.9 Å². The number of imidazole rings is 1. The SMILES string of the molecule is CC(S)c1cnc(C(C)S)[nH]1. The molecule has 0 aromatic carbocycles. The zero-order chi connectivity index (χ0) is 8.43. The molecule has 1 aromatic rings. The summed E-state index contributed by atoms with van der Waals surface area (Å²) in [5.74, 6) is 0.907. The molecule has 0 fully saturated rings. The minimum Gasteiger partial charge on any atom is -0.344 e. The van der Waals surface area contributed by atoms with Crippen molar-refractivity contribution in [1.29, 1.82) is 0 Å². The Hall–Kier alpha value is -0.0900. The summed E-state index contributed by atoms with van der Waals surface area (Å²) in [5.41, 5.74) is 1.05. The van der Waals surface area contributed by atoms with Gasteiger partial charge in [-0.15, -0.1) is 0 Å². The third kappa shape index (κ3) is 2.17. The van der Waals surface area contributed by atoms with Crippen LogP contribution in [0.15, 0.2) is 6.20 Å². The lowest BCUT2D eigenvalue weighted by atomic mass is 10.4. The normalized spacial score (nSPS) is 16.4. The largest absolute Gasteiger partial charge is 0.344 e. The van der Waals surface area contributed by atoms with Gasteiger partial charge in [-0.25, -0.2) is 4.98 Å². The van der Waals surface area contributed by atoms with Crippen LogP contribution in [0, 0.1) is 0 Å². The monoisotopic (exact) mass is 188 g/mol. The van der Waals surface area contributed by atoms with Crippen molar-refractivity contribution in [1.82, 2.24) is 9.97 Å². The number of aromatic nitrogens is 2. The molecule has 1 heterocycles. The molecule has 62 valence electrons. The van der Waals surface area contributed by atoms with E-state index in [-0.39, 0.29) is 10.5 Å². The van der Waals surface area contributed by atoms with Crippen LogP contribution in [0.3, 0.4) is 0 Å². The predicted octanol–water partition coefficient (Wildman–Crippen LogP) is 2.39. The number of aromatic amines is 1. The fourth-order valence-corrected chi connectivity index (χ4v) is 1.04. The van der Waals surface area contributed by atoms with Gasteiger partial charge in [0, 0.05) is 17.1 Å². The molecule has 1 rings (SSSR count). The highest BCUT2D eigenvalue weighted by atomic mass is 32.1. The molecule has 0 saturated carbocycles.